The van der Waals surface area contributed by atoms with Crippen molar-refractivity contribution in [2.45, 2.75) is 38.1 Å². The molecule has 1 amide bonds. The fraction of sp³-hybridized carbons (Fsp3) is 0.571. The van der Waals surface area contributed by atoms with Crippen LogP contribution in [-0.2, 0) is 11.2 Å². The van der Waals surface area contributed by atoms with Crippen molar-refractivity contribution in [2.24, 2.45) is 0 Å². The summed E-state index contributed by atoms with van der Waals surface area (Å²) in [5, 5.41) is 9.29. The molecule has 0 radical (unpaired) electrons. The van der Waals surface area contributed by atoms with Gasteiger partial charge in [0.25, 0.3) is 0 Å². The number of carbonyl (C=O) groups excluding carboxylic acids is 1. The second-order valence-electron chi connectivity index (χ2n) is 4.77. The van der Waals surface area contributed by atoms with Crippen LogP contribution in [-0.4, -0.2) is 40.1 Å². The third-order valence-electron chi connectivity index (χ3n) is 3.54. The zero-order valence-electron chi connectivity index (χ0n) is 10.6. The minimum Gasteiger partial charge on any atom is -0.394 e. The van der Waals surface area contributed by atoms with Crippen LogP contribution in [0.3, 0.4) is 0 Å². The molecule has 1 unspecified atom stereocenters. The summed E-state index contributed by atoms with van der Waals surface area (Å²) in [5.41, 5.74) is 1.14. The molecule has 0 saturated carbocycles. The number of aliphatic hydroxyl groups is 1. The number of aliphatic hydroxyl groups excluding tert-OH is 1. The predicted octanol–water partition coefficient (Wildman–Crippen LogP) is 1.39. The standard InChI is InChI=1S/C14H20N2O2/c17-11-13-3-1-2-10-16(13)14(18)5-4-12-6-8-15-9-7-12/h6-9,13,17H,1-5,10-11H2. The highest BCUT2D eigenvalue weighted by molar-refractivity contribution is 5.76. The second-order valence-corrected chi connectivity index (χ2v) is 4.77. The van der Waals surface area contributed by atoms with Crippen LogP contribution < -0.4 is 0 Å². The lowest BCUT2D eigenvalue weighted by Gasteiger charge is -2.34. The van der Waals surface area contributed by atoms with Gasteiger partial charge in [-0.2, -0.15) is 0 Å². The van der Waals surface area contributed by atoms with E-state index in [1.165, 1.54) is 0 Å². The maximum atomic E-state index is 12.1. The molecule has 1 aliphatic rings. The lowest BCUT2D eigenvalue weighted by molar-refractivity contribution is -0.135. The molecule has 0 aliphatic carbocycles. The van der Waals surface area contributed by atoms with E-state index in [2.05, 4.69) is 4.98 Å². The van der Waals surface area contributed by atoms with Crippen molar-refractivity contribution < 1.29 is 9.90 Å². The normalized spacial score (nSPS) is 19.8. The average Bonchev–Trinajstić information content (AvgIpc) is 2.45. The Hall–Kier alpha value is -1.42. The van der Waals surface area contributed by atoms with Gasteiger partial charge >= 0.3 is 0 Å². The van der Waals surface area contributed by atoms with Gasteiger partial charge in [-0.1, -0.05) is 0 Å². The van der Waals surface area contributed by atoms with Gasteiger partial charge in [0, 0.05) is 25.4 Å². The number of hydrogen-bond donors (Lipinski definition) is 1. The number of aromatic nitrogens is 1. The largest absolute Gasteiger partial charge is 0.394 e. The zero-order chi connectivity index (χ0) is 12.8. The Morgan fingerprint density at radius 1 is 1.39 bits per heavy atom. The molecule has 1 aromatic rings. The molecule has 18 heavy (non-hydrogen) atoms. The SMILES string of the molecule is O=C(CCc1ccncc1)N1CCCCC1CO. The smallest absolute Gasteiger partial charge is 0.223 e. The number of piperidine rings is 1. The first-order valence-corrected chi connectivity index (χ1v) is 6.60. The molecule has 2 heterocycles. The third kappa shape index (κ3) is 3.29. The molecule has 4 heteroatoms. The quantitative estimate of drug-likeness (QED) is 0.876. The fourth-order valence-electron chi connectivity index (χ4n) is 2.46. The number of hydrogen-bond acceptors (Lipinski definition) is 3. The Balaban J connectivity index is 1.87. The molecule has 0 bridgehead atoms. The topological polar surface area (TPSA) is 53.4 Å². The van der Waals surface area contributed by atoms with Crippen LogP contribution in [0.5, 0.6) is 0 Å². The molecule has 2 rings (SSSR count). The Labute approximate surface area is 108 Å². The van der Waals surface area contributed by atoms with Gasteiger partial charge in [-0.15, -0.1) is 0 Å². The maximum absolute atomic E-state index is 12.1. The molecule has 98 valence electrons. The summed E-state index contributed by atoms with van der Waals surface area (Å²) < 4.78 is 0. The molecule has 1 atom stereocenters. The molecular formula is C14H20N2O2. The summed E-state index contributed by atoms with van der Waals surface area (Å²) in [5.74, 6) is 0.158. The summed E-state index contributed by atoms with van der Waals surface area (Å²) in [6.07, 6.45) is 7.85. The van der Waals surface area contributed by atoms with Crippen LogP contribution in [0, 0.1) is 0 Å². The summed E-state index contributed by atoms with van der Waals surface area (Å²) in [6.45, 7) is 0.876. The van der Waals surface area contributed by atoms with Crippen molar-refractivity contribution in [1.29, 1.82) is 0 Å². The van der Waals surface area contributed by atoms with Crippen molar-refractivity contribution in [2.75, 3.05) is 13.2 Å². The highest BCUT2D eigenvalue weighted by Crippen LogP contribution is 2.18. The van der Waals surface area contributed by atoms with Crippen molar-refractivity contribution in [3.8, 4) is 0 Å². The monoisotopic (exact) mass is 248 g/mol. The average molecular weight is 248 g/mol. The molecule has 1 fully saturated rings. The van der Waals surface area contributed by atoms with Gasteiger partial charge < -0.3 is 10.0 Å². The van der Waals surface area contributed by atoms with E-state index < -0.39 is 0 Å². The Kier molecular flexibility index (Phi) is 4.70. The van der Waals surface area contributed by atoms with Gasteiger partial charge in [0.1, 0.15) is 0 Å². The summed E-state index contributed by atoms with van der Waals surface area (Å²) in [7, 11) is 0. The second kappa shape index (κ2) is 6.50. The third-order valence-corrected chi connectivity index (χ3v) is 3.54. The van der Waals surface area contributed by atoms with E-state index in [1.807, 2.05) is 17.0 Å². The van der Waals surface area contributed by atoms with E-state index >= 15 is 0 Å². The lowest BCUT2D eigenvalue weighted by Crippen LogP contribution is -2.45. The van der Waals surface area contributed by atoms with Crippen LogP contribution >= 0.6 is 0 Å². The van der Waals surface area contributed by atoms with Crippen molar-refractivity contribution in [3.05, 3.63) is 30.1 Å². The van der Waals surface area contributed by atoms with E-state index in [-0.39, 0.29) is 18.6 Å². The molecule has 1 aliphatic heterocycles. The van der Waals surface area contributed by atoms with Crippen molar-refractivity contribution in [1.82, 2.24) is 9.88 Å². The van der Waals surface area contributed by atoms with Crippen LogP contribution in [0.1, 0.15) is 31.2 Å². The van der Waals surface area contributed by atoms with Gasteiger partial charge in [0.05, 0.1) is 12.6 Å². The van der Waals surface area contributed by atoms with E-state index in [4.69, 9.17) is 0 Å². The number of rotatable bonds is 4. The van der Waals surface area contributed by atoms with Crippen LogP contribution in [0.25, 0.3) is 0 Å². The highest BCUT2D eigenvalue weighted by Gasteiger charge is 2.25. The van der Waals surface area contributed by atoms with Gasteiger partial charge in [-0.25, -0.2) is 0 Å². The molecule has 1 saturated heterocycles. The minimum absolute atomic E-state index is 0.0312. The molecular weight excluding hydrogens is 228 g/mol. The van der Waals surface area contributed by atoms with Gasteiger partial charge in [-0.05, 0) is 43.4 Å². The van der Waals surface area contributed by atoms with E-state index in [9.17, 15) is 9.90 Å². The number of amides is 1. The van der Waals surface area contributed by atoms with Crippen molar-refractivity contribution in [3.63, 3.8) is 0 Å². The van der Waals surface area contributed by atoms with Gasteiger partial charge in [0.15, 0.2) is 0 Å². The first-order valence-electron chi connectivity index (χ1n) is 6.60. The summed E-state index contributed by atoms with van der Waals surface area (Å²) in [6, 6.07) is 3.91. The lowest BCUT2D eigenvalue weighted by atomic mass is 10.0. The highest BCUT2D eigenvalue weighted by atomic mass is 16.3. The molecule has 0 spiro atoms. The minimum atomic E-state index is 0.0312. The van der Waals surface area contributed by atoms with E-state index in [1.54, 1.807) is 12.4 Å². The number of aryl methyl sites for hydroxylation is 1. The number of pyridine rings is 1. The Morgan fingerprint density at radius 3 is 2.89 bits per heavy atom. The van der Waals surface area contributed by atoms with E-state index in [0.717, 1.165) is 37.8 Å². The first kappa shape index (κ1) is 13.0. The maximum Gasteiger partial charge on any atom is 0.223 e. The number of likely N-dealkylation sites (tertiary alicyclic amines) is 1. The van der Waals surface area contributed by atoms with Gasteiger partial charge in [0.2, 0.25) is 5.91 Å². The fourth-order valence-corrected chi connectivity index (χ4v) is 2.46. The Bertz CT molecular complexity index is 381. The zero-order valence-corrected chi connectivity index (χ0v) is 10.6. The molecule has 4 nitrogen and oxygen atoms in total. The van der Waals surface area contributed by atoms with Crippen LogP contribution in [0.4, 0.5) is 0 Å². The molecule has 1 N–H and O–H groups in total. The van der Waals surface area contributed by atoms with Crippen LogP contribution in [0.2, 0.25) is 0 Å². The molecule has 1 aromatic heterocycles. The summed E-state index contributed by atoms with van der Waals surface area (Å²) >= 11 is 0. The summed E-state index contributed by atoms with van der Waals surface area (Å²) in [4.78, 5) is 18.0. The van der Waals surface area contributed by atoms with Gasteiger partial charge in [-0.3, -0.25) is 9.78 Å². The first-order chi connectivity index (χ1) is 8.81. The number of nitrogens with zero attached hydrogens (tertiary/aromatic N) is 2. The van der Waals surface area contributed by atoms with Crippen LogP contribution in [0.15, 0.2) is 24.5 Å². The van der Waals surface area contributed by atoms with E-state index in [0.29, 0.717) is 6.42 Å². The number of carbonyl (C=O) groups is 1. The Morgan fingerprint density at radius 2 is 2.17 bits per heavy atom. The van der Waals surface area contributed by atoms with Crippen molar-refractivity contribution >= 4 is 5.91 Å². The molecule has 0 aromatic carbocycles. The predicted molar refractivity (Wildman–Crippen MR) is 69.0 cm³/mol.